The Kier molecular flexibility index (Phi) is 4.99. The second-order valence-corrected chi connectivity index (χ2v) is 6.16. The highest BCUT2D eigenvalue weighted by molar-refractivity contribution is 7.22. The molecule has 0 saturated carbocycles. The van der Waals surface area contributed by atoms with Crippen LogP contribution in [0.1, 0.15) is 5.56 Å². The molecule has 0 aliphatic carbocycles. The van der Waals surface area contributed by atoms with Gasteiger partial charge >= 0.3 is 6.03 Å². The van der Waals surface area contributed by atoms with Gasteiger partial charge in [-0.15, -0.1) is 0 Å². The SMILES string of the molecule is COc1ccc(CNC(=O)Nc2nc3ccc(F)cc3s2)cc1OC. The fourth-order valence-corrected chi connectivity index (χ4v) is 3.15. The largest absolute Gasteiger partial charge is 0.493 e. The molecule has 0 fully saturated rings. The molecule has 6 nitrogen and oxygen atoms in total. The van der Waals surface area contributed by atoms with E-state index >= 15 is 0 Å². The van der Waals surface area contributed by atoms with Crippen LogP contribution in [0, 0.1) is 5.82 Å². The van der Waals surface area contributed by atoms with E-state index in [9.17, 15) is 9.18 Å². The summed E-state index contributed by atoms with van der Waals surface area (Å²) in [4.78, 5) is 16.3. The molecule has 0 aliphatic heterocycles. The number of anilines is 1. The molecule has 1 heterocycles. The number of benzene rings is 2. The molecule has 8 heteroatoms. The van der Waals surface area contributed by atoms with Crippen molar-refractivity contribution in [1.82, 2.24) is 10.3 Å². The molecule has 0 unspecified atom stereocenters. The normalized spacial score (nSPS) is 10.5. The van der Waals surface area contributed by atoms with Gasteiger partial charge in [0.25, 0.3) is 0 Å². The molecule has 1 aromatic heterocycles. The number of ether oxygens (including phenoxy) is 2. The van der Waals surface area contributed by atoms with Crippen LogP contribution in [0.4, 0.5) is 14.3 Å². The molecule has 0 aliphatic rings. The first-order valence-electron chi connectivity index (χ1n) is 7.41. The lowest BCUT2D eigenvalue weighted by molar-refractivity contribution is 0.251. The number of halogens is 1. The van der Waals surface area contributed by atoms with Crippen LogP contribution in [0.25, 0.3) is 10.2 Å². The molecule has 0 spiro atoms. The molecular weight excluding hydrogens is 345 g/mol. The number of aromatic nitrogens is 1. The van der Waals surface area contributed by atoms with Crippen molar-refractivity contribution >= 4 is 32.7 Å². The zero-order chi connectivity index (χ0) is 17.8. The third-order valence-electron chi connectivity index (χ3n) is 3.47. The van der Waals surface area contributed by atoms with Gasteiger partial charge in [0.05, 0.1) is 24.4 Å². The van der Waals surface area contributed by atoms with Crippen molar-refractivity contribution in [3.05, 3.63) is 47.8 Å². The van der Waals surface area contributed by atoms with Gasteiger partial charge in [0.1, 0.15) is 5.82 Å². The van der Waals surface area contributed by atoms with E-state index in [4.69, 9.17) is 9.47 Å². The predicted octanol–water partition coefficient (Wildman–Crippen LogP) is 3.77. The minimum absolute atomic E-state index is 0.311. The lowest BCUT2D eigenvalue weighted by Crippen LogP contribution is -2.28. The number of hydrogen-bond acceptors (Lipinski definition) is 5. The van der Waals surface area contributed by atoms with Gasteiger partial charge in [0, 0.05) is 6.54 Å². The first-order valence-corrected chi connectivity index (χ1v) is 8.22. The van der Waals surface area contributed by atoms with Crippen molar-refractivity contribution in [2.75, 3.05) is 19.5 Å². The smallest absolute Gasteiger partial charge is 0.321 e. The lowest BCUT2D eigenvalue weighted by atomic mass is 10.2. The second-order valence-electron chi connectivity index (χ2n) is 5.13. The Bertz CT molecular complexity index is 913. The first kappa shape index (κ1) is 17.0. The molecule has 0 bridgehead atoms. The van der Waals surface area contributed by atoms with Gasteiger partial charge in [0.15, 0.2) is 16.6 Å². The molecule has 2 amide bonds. The van der Waals surface area contributed by atoms with Gasteiger partial charge in [-0.2, -0.15) is 0 Å². The molecule has 0 atom stereocenters. The quantitative estimate of drug-likeness (QED) is 0.725. The average molecular weight is 361 g/mol. The zero-order valence-electron chi connectivity index (χ0n) is 13.6. The molecule has 2 N–H and O–H groups in total. The molecule has 3 rings (SSSR count). The Morgan fingerprint density at radius 3 is 2.72 bits per heavy atom. The fraction of sp³-hybridized carbons (Fsp3) is 0.176. The number of nitrogens with one attached hydrogen (secondary N) is 2. The summed E-state index contributed by atoms with van der Waals surface area (Å²) < 4.78 is 24.3. The summed E-state index contributed by atoms with van der Waals surface area (Å²) in [7, 11) is 3.12. The van der Waals surface area contributed by atoms with E-state index in [1.165, 1.54) is 23.5 Å². The maximum Gasteiger partial charge on any atom is 0.321 e. The molecular formula is C17H16FN3O3S. The number of nitrogens with zero attached hydrogens (tertiary/aromatic N) is 1. The van der Waals surface area contributed by atoms with Crippen LogP contribution in [0.2, 0.25) is 0 Å². The van der Waals surface area contributed by atoms with E-state index < -0.39 is 6.03 Å². The first-order chi connectivity index (χ1) is 12.1. The number of carbonyl (C=O) groups excluding carboxylic acids is 1. The minimum atomic E-state index is -0.394. The van der Waals surface area contributed by atoms with E-state index in [0.29, 0.717) is 33.4 Å². The Hall–Kier alpha value is -2.87. The number of fused-ring (bicyclic) bond motifs is 1. The molecule has 130 valence electrons. The number of rotatable bonds is 5. The third-order valence-corrected chi connectivity index (χ3v) is 4.41. The topological polar surface area (TPSA) is 72.5 Å². The van der Waals surface area contributed by atoms with Gasteiger partial charge in [-0.25, -0.2) is 14.2 Å². The van der Waals surface area contributed by atoms with Crippen molar-refractivity contribution in [1.29, 1.82) is 0 Å². The summed E-state index contributed by atoms with van der Waals surface area (Å²) in [6.45, 7) is 0.311. The summed E-state index contributed by atoms with van der Waals surface area (Å²) in [6.07, 6.45) is 0. The van der Waals surface area contributed by atoms with Crippen LogP contribution in [-0.4, -0.2) is 25.2 Å². The second kappa shape index (κ2) is 7.35. The van der Waals surface area contributed by atoms with E-state index in [1.807, 2.05) is 6.07 Å². The third kappa shape index (κ3) is 3.97. The van der Waals surface area contributed by atoms with Crippen LogP contribution in [-0.2, 0) is 6.54 Å². The summed E-state index contributed by atoms with van der Waals surface area (Å²) >= 11 is 1.21. The van der Waals surface area contributed by atoms with Gasteiger partial charge in [0.2, 0.25) is 0 Å². The lowest BCUT2D eigenvalue weighted by Gasteiger charge is -2.10. The van der Waals surface area contributed by atoms with E-state index in [-0.39, 0.29) is 5.82 Å². The highest BCUT2D eigenvalue weighted by Gasteiger charge is 2.09. The maximum atomic E-state index is 13.2. The summed E-state index contributed by atoms with van der Waals surface area (Å²) in [5.74, 6) is 0.883. The van der Waals surface area contributed by atoms with Gasteiger partial charge in [-0.3, -0.25) is 5.32 Å². The number of carbonyl (C=O) groups is 1. The van der Waals surface area contributed by atoms with E-state index in [2.05, 4.69) is 15.6 Å². The van der Waals surface area contributed by atoms with Gasteiger partial charge < -0.3 is 14.8 Å². The van der Waals surface area contributed by atoms with Crippen LogP contribution >= 0.6 is 11.3 Å². The average Bonchev–Trinajstić information content (AvgIpc) is 3.00. The monoisotopic (exact) mass is 361 g/mol. The maximum absolute atomic E-state index is 13.2. The molecule has 2 aromatic carbocycles. The Morgan fingerprint density at radius 1 is 1.16 bits per heavy atom. The zero-order valence-corrected chi connectivity index (χ0v) is 14.4. The van der Waals surface area contributed by atoms with Crippen LogP contribution in [0.3, 0.4) is 0 Å². The van der Waals surface area contributed by atoms with Crippen molar-refractivity contribution in [2.24, 2.45) is 0 Å². The number of amides is 2. The molecule has 3 aromatic rings. The summed E-state index contributed by atoms with van der Waals surface area (Å²) in [5, 5.41) is 5.80. The van der Waals surface area contributed by atoms with Crippen molar-refractivity contribution in [3.63, 3.8) is 0 Å². The fourth-order valence-electron chi connectivity index (χ4n) is 2.27. The Labute approximate surface area is 147 Å². The highest BCUT2D eigenvalue weighted by atomic mass is 32.1. The van der Waals surface area contributed by atoms with Crippen molar-refractivity contribution < 1.29 is 18.7 Å². The van der Waals surface area contributed by atoms with Crippen LogP contribution in [0.15, 0.2) is 36.4 Å². The van der Waals surface area contributed by atoms with Gasteiger partial charge in [-0.1, -0.05) is 17.4 Å². The minimum Gasteiger partial charge on any atom is -0.493 e. The van der Waals surface area contributed by atoms with E-state index in [0.717, 1.165) is 5.56 Å². The van der Waals surface area contributed by atoms with Crippen molar-refractivity contribution in [3.8, 4) is 11.5 Å². The van der Waals surface area contributed by atoms with Crippen molar-refractivity contribution in [2.45, 2.75) is 6.54 Å². The molecule has 25 heavy (non-hydrogen) atoms. The molecule has 0 radical (unpaired) electrons. The Morgan fingerprint density at radius 2 is 1.96 bits per heavy atom. The standard InChI is InChI=1S/C17H16FN3O3S/c1-23-13-6-3-10(7-14(13)24-2)9-19-16(22)21-17-20-12-5-4-11(18)8-15(12)25-17/h3-8H,9H2,1-2H3,(H2,19,20,21,22). The Balaban J connectivity index is 1.62. The number of urea groups is 1. The number of methoxy groups -OCH3 is 2. The van der Waals surface area contributed by atoms with Crippen LogP contribution in [0.5, 0.6) is 11.5 Å². The molecule has 0 saturated heterocycles. The van der Waals surface area contributed by atoms with Gasteiger partial charge in [-0.05, 0) is 35.9 Å². The number of thiazole rings is 1. The summed E-state index contributed by atoms with van der Waals surface area (Å²) in [6, 6.07) is 9.31. The predicted molar refractivity (Wildman–Crippen MR) is 95.0 cm³/mol. The summed E-state index contributed by atoms with van der Waals surface area (Å²) in [5.41, 5.74) is 1.50. The van der Waals surface area contributed by atoms with Crippen LogP contribution < -0.4 is 20.1 Å². The highest BCUT2D eigenvalue weighted by Crippen LogP contribution is 2.28. The number of hydrogen-bond donors (Lipinski definition) is 2. The van der Waals surface area contributed by atoms with E-state index in [1.54, 1.807) is 32.4 Å².